The van der Waals surface area contributed by atoms with E-state index in [1.807, 2.05) is 43.3 Å². The standard InChI is InChI=1S/C16H18ClNO/c1-12-9-15(7-8-16(12)17)19-11-14(18)10-13-5-3-2-4-6-13/h2-9,14H,10-11,18H2,1H3. The van der Waals surface area contributed by atoms with Crippen LogP contribution >= 0.6 is 11.6 Å². The zero-order valence-corrected chi connectivity index (χ0v) is 11.7. The molecular formula is C16H18ClNO. The van der Waals surface area contributed by atoms with E-state index < -0.39 is 0 Å². The van der Waals surface area contributed by atoms with Gasteiger partial charge in [-0.2, -0.15) is 0 Å². The molecule has 1 unspecified atom stereocenters. The fraction of sp³-hybridized carbons (Fsp3) is 0.250. The maximum atomic E-state index is 6.07. The van der Waals surface area contributed by atoms with Crippen LogP contribution < -0.4 is 10.5 Å². The molecule has 0 saturated heterocycles. The van der Waals surface area contributed by atoms with Gasteiger partial charge in [0.15, 0.2) is 0 Å². The second-order valence-corrected chi connectivity index (χ2v) is 5.08. The maximum absolute atomic E-state index is 6.07. The molecule has 0 aliphatic heterocycles. The Bertz CT molecular complexity index is 528. The number of benzene rings is 2. The average Bonchev–Trinajstić information content (AvgIpc) is 2.41. The molecule has 2 rings (SSSR count). The summed E-state index contributed by atoms with van der Waals surface area (Å²) in [5, 5.41) is 0.751. The van der Waals surface area contributed by atoms with Crippen molar-refractivity contribution in [2.75, 3.05) is 6.61 Å². The van der Waals surface area contributed by atoms with Gasteiger partial charge in [0.1, 0.15) is 12.4 Å². The van der Waals surface area contributed by atoms with Crippen molar-refractivity contribution in [2.24, 2.45) is 5.73 Å². The molecule has 3 heteroatoms. The van der Waals surface area contributed by atoms with Crippen LogP contribution in [0.4, 0.5) is 0 Å². The normalized spacial score (nSPS) is 12.2. The van der Waals surface area contributed by atoms with Crippen LogP contribution in [0.15, 0.2) is 48.5 Å². The molecule has 19 heavy (non-hydrogen) atoms. The highest BCUT2D eigenvalue weighted by atomic mass is 35.5. The Morgan fingerprint density at radius 3 is 2.58 bits per heavy atom. The third-order valence-electron chi connectivity index (χ3n) is 2.93. The second kappa shape index (κ2) is 6.60. The highest BCUT2D eigenvalue weighted by Crippen LogP contribution is 2.21. The fourth-order valence-electron chi connectivity index (χ4n) is 1.89. The molecule has 100 valence electrons. The van der Waals surface area contributed by atoms with Gasteiger partial charge in [0.25, 0.3) is 0 Å². The van der Waals surface area contributed by atoms with Gasteiger partial charge in [0.2, 0.25) is 0 Å². The number of aryl methyl sites for hydroxylation is 1. The zero-order chi connectivity index (χ0) is 13.7. The van der Waals surface area contributed by atoms with Crippen molar-refractivity contribution in [1.82, 2.24) is 0 Å². The van der Waals surface area contributed by atoms with Gasteiger partial charge in [0, 0.05) is 11.1 Å². The average molecular weight is 276 g/mol. The van der Waals surface area contributed by atoms with Gasteiger partial charge in [-0.15, -0.1) is 0 Å². The number of ether oxygens (including phenoxy) is 1. The molecular weight excluding hydrogens is 258 g/mol. The molecule has 2 N–H and O–H groups in total. The molecule has 0 aromatic heterocycles. The van der Waals surface area contributed by atoms with E-state index in [0.29, 0.717) is 6.61 Å². The number of halogens is 1. The molecule has 2 aromatic carbocycles. The van der Waals surface area contributed by atoms with E-state index in [9.17, 15) is 0 Å². The first-order chi connectivity index (χ1) is 9.15. The molecule has 0 saturated carbocycles. The molecule has 0 aliphatic carbocycles. The highest BCUT2D eigenvalue weighted by Gasteiger charge is 2.06. The Morgan fingerprint density at radius 2 is 1.89 bits per heavy atom. The Balaban J connectivity index is 1.86. The lowest BCUT2D eigenvalue weighted by Crippen LogP contribution is -2.30. The molecule has 2 aromatic rings. The maximum Gasteiger partial charge on any atom is 0.119 e. The van der Waals surface area contributed by atoms with Gasteiger partial charge in [-0.05, 0) is 42.7 Å². The van der Waals surface area contributed by atoms with E-state index >= 15 is 0 Å². The summed E-state index contributed by atoms with van der Waals surface area (Å²) < 4.78 is 5.69. The number of rotatable bonds is 5. The van der Waals surface area contributed by atoms with Crippen molar-refractivity contribution in [1.29, 1.82) is 0 Å². The molecule has 0 heterocycles. The van der Waals surface area contributed by atoms with Crippen LogP contribution in [-0.4, -0.2) is 12.6 Å². The summed E-state index contributed by atoms with van der Waals surface area (Å²) in [7, 11) is 0. The molecule has 0 fully saturated rings. The Morgan fingerprint density at radius 1 is 1.16 bits per heavy atom. The van der Waals surface area contributed by atoms with E-state index in [1.54, 1.807) is 0 Å². The Kier molecular flexibility index (Phi) is 4.83. The highest BCUT2D eigenvalue weighted by molar-refractivity contribution is 6.31. The first-order valence-corrected chi connectivity index (χ1v) is 6.71. The lowest BCUT2D eigenvalue weighted by atomic mass is 10.1. The summed E-state index contributed by atoms with van der Waals surface area (Å²) in [4.78, 5) is 0. The number of nitrogens with two attached hydrogens (primary N) is 1. The molecule has 0 aliphatic rings. The Labute approximate surface area is 119 Å². The van der Waals surface area contributed by atoms with Gasteiger partial charge in [-0.1, -0.05) is 41.9 Å². The van der Waals surface area contributed by atoms with Crippen LogP contribution in [0.5, 0.6) is 5.75 Å². The summed E-state index contributed by atoms with van der Waals surface area (Å²) in [5.74, 6) is 0.811. The van der Waals surface area contributed by atoms with Crippen molar-refractivity contribution in [3.05, 3.63) is 64.7 Å². The molecule has 1 atom stereocenters. The Hall–Kier alpha value is -1.51. The van der Waals surface area contributed by atoms with Crippen molar-refractivity contribution in [3.8, 4) is 5.75 Å². The van der Waals surface area contributed by atoms with Crippen LogP contribution in [0.3, 0.4) is 0 Å². The number of hydrogen-bond acceptors (Lipinski definition) is 2. The first-order valence-electron chi connectivity index (χ1n) is 6.33. The van der Waals surface area contributed by atoms with E-state index in [-0.39, 0.29) is 6.04 Å². The van der Waals surface area contributed by atoms with Crippen LogP contribution in [-0.2, 0) is 6.42 Å². The third-order valence-corrected chi connectivity index (χ3v) is 3.36. The van der Waals surface area contributed by atoms with Gasteiger partial charge in [-0.25, -0.2) is 0 Å². The van der Waals surface area contributed by atoms with Crippen molar-refractivity contribution >= 4 is 11.6 Å². The van der Waals surface area contributed by atoms with Gasteiger partial charge in [-0.3, -0.25) is 0 Å². The van der Waals surface area contributed by atoms with E-state index in [1.165, 1.54) is 5.56 Å². The van der Waals surface area contributed by atoms with Gasteiger partial charge < -0.3 is 10.5 Å². The summed E-state index contributed by atoms with van der Waals surface area (Å²) in [6.07, 6.45) is 0.813. The van der Waals surface area contributed by atoms with E-state index in [4.69, 9.17) is 22.1 Å². The lowest BCUT2D eigenvalue weighted by molar-refractivity contribution is 0.287. The minimum Gasteiger partial charge on any atom is -0.492 e. The largest absolute Gasteiger partial charge is 0.492 e. The number of hydrogen-bond donors (Lipinski definition) is 1. The monoisotopic (exact) mass is 275 g/mol. The van der Waals surface area contributed by atoms with Gasteiger partial charge in [0.05, 0.1) is 0 Å². The summed E-state index contributed by atoms with van der Waals surface area (Å²) in [6, 6.07) is 15.8. The van der Waals surface area contributed by atoms with Crippen molar-refractivity contribution in [2.45, 2.75) is 19.4 Å². The van der Waals surface area contributed by atoms with Crippen molar-refractivity contribution in [3.63, 3.8) is 0 Å². The predicted octanol–water partition coefficient (Wildman–Crippen LogP) is 3.60. The molecule has 0 spiro atoms. The quantitative estimate of drug-likeness (QED) is 0.905. The zero-order valence-electron chi connectivity index (χ0n) is 11.0. The van der Waals surface area contributed by atoms with E-state index in [2.05, 4.69) is 12.1 Å². The fourth-order valence-corrected chi connectivity index (χ4v) is 2.00. The van der Waals surface area contributed by atoms with Crippen LogP contribution in [0.2, 0.25) is 5.02 Å². The summed E-state index contributed by atoms with van der Waals surface area (Å²) in [6.45, 7) is 2.45. The molecule has 0 amide bonds. The van der Waals surface area contributed by atoms with Crippen molar-refractivity contribution < 1.29 is 4.74 Å². The predicted molar refractivity (Wildman–Crippen MR) is 79.8 cm³/mol. The molecule has 0 bridgehead atoms. The third kappa shape index (κ3) is 4.27. The summed E-state index contributed by atoms with van der Waals surface area (Å²) >= 11 is 5.97. The molecule has 2 nitrogen and oxygen atoms in total. The second-order valence-electron chi connectivity index (χ2n) is 4.67. The van der Waals surface area contributed by atoms with Crippen LogP contribution in [0.1, 0.15) is 11.1 Å². The topological polar surface area (TPSA) is 35.2 Å². The smallest absolute Gasteiger partial charge is 0.119 e. The summed E-state index contributed by atoms with van der Waals surface area (Å²) in [5.41, 5.74) is 8.31. The lowest BCUT2D eigenvalue weighted by Gasteiger charge is -2.14. The first kappa shape index (κ1) is 13.9. The SMILES string of the molecule is Cc1cc(OCC(N)Cc2ccccc2)ccc1Cl. The van der Waals surface area contributed by atoms with Gasteiger partial charge >= 0.3 is 0 Å². The van der Waals surface area contributed by atoms with Crippen LogP contribution in [0.25, 0.3) is 0 Å². The van der Waals surface area contributed by atoms with E-state index in [0.717, 1.165) is 22.8 Å². The molecule has 0 radical (unpaired) electrons. The minimum atomic E-state index is -0.0154. The minimum absolute atomic E-state index is 0.0154. The van der Waals surface area contributed by atoms with Crippen LogP contribution in [0, 0.1) is 6.92 Å².